The predicted molar refractivity (Wildman–Crippen MR) is 85.5 cm³/mol. The van der Waals surface area contributed by atoms with E-state index in [1.807, 2.05) is 0 Å². The molecule has 0 saturated heterocycles. The van der Waals surface area contributed by atoms with Crippen LogP contribution in [-0.4, -0.2) is 24.7 Å². The van der Waals surface area contributed by atoms with Crippen molar-refractivity contribution in [1.82, 2.24) is 14.5 Å². The van der Waals surface area contributed by atoms with E-state index in [0.717, 1.165) is 25.2 Å². The fourth-order valence-electron chi connectivity index (χ4n) is 2.26. The van der Waals surface area contributed by atoms with Crippen molar-refractivity contribution in [3.05, 3.63) is 5.69 Å². The van der Waals surface area contributed by atoms with E-state index in [0.29, 0.717) is 12.2 Å². The van der Waals surface area contributed by atoms with Gasteiger partial charge in [-0.25, -0.2) is 13.1 Å². The van der Waals surface area contributed by atoms with Gasteiger partial charge in [0.25, 0.3) is 0 Å². The van der Waals surface area contributed by atoms with Crippen LogP contribution < -0.4 is 10.5 Å². The van der Waals surface area contributed by atoms with Gasteiger partial charge in [0.2, 0.25) is 10.0 Å². The molecule has 0 aliphatic heterocycles. The van der Waals surface area contributed by atoms with Gasteiger partial charge in [-0.2, -0.15) is 5.10 Å². The standard InChI is InChI=1S/C14H28N4O2S/c1-11(2)9-7-5-6-8-10-16-21(19,20)13-12(3)18(4)17-14(13)15/h11,16H,5-10H2,1-4H3,(H2,15,17). The van der Waals surface area contributed by atoms with E-state index in [4.69, 9.17) is 5.73 Å². The predicted octanol–water partition coefficient (Wildman–Crippen LogP) is 2.20. The van der Waals surface area contributed by atoms with Crippen LogP contribution in [-0.2, 0) is 17.1 Å². The molecule has 1 aromatic heterocycles. The number of aromatic nitrogens is 2. The van der Waals surface area contributed by atoms with Gasteiger partial charge in [0.1, 0.15) is 4.90 Å². The van der Waals surface area contributed by atoms with Crippen molar-refractivity contribution in [2.75, 3.05) is 12.3 Å². The molecule has 0 saturated carbocycles. The van der Waals surface area contributed by atoms with Gasteiger partial charge in [-0.15, -0.1) is 0 Å². The number of nitrogen functional groups attached to an aromatic ring is 1. The van der Waals surface area contributed by atoms with Gasteiger partial charge >= 0.3 is 0 Å². The van der Waals surface area contributed by atoms with Crippen LogP contribution in [0.5, 0.6) is 0 Å². The Bertz CT molecular complexity index is 550. The number of nitrogens with zero attached hydrogens (tertiary/aromatic N) is 2. The summed E-state index contributed by atoms with van der Waals surface area (Å²) in [5, 5.41) is 3.94. The second-order valence-electron chi connectivity index (χ2n) is 5.92. The molecule has 0 radical (unpaired) electrons. The summed E-state index contributed by atoms with van der Waals surface area (Å²) in [5.41, 5.74) is 6.23. The van der Waals surface area contributed by atoms with Crippen molar-refractivity contribution in [1.29, 1.82) is 0 Å². The van der Waals surface area contributed by atoms with E-state index in [1.54, 1.807) is 14.0 Å². The van der Waals surface area contributed by atoms with Gasteiger partial charge in [0, 0.05) is 13.6 Å². The number of anilines is 1. The third-order valence-corrected chi connectivity index (χ3v) is 5.20. The minimum absolute atomic E-state index is 0.0550. The zero-order valence-electron chi connectivity index (χ0n) is 13.5. The molecule has 6 nitrogen and oxygen atoms in total. The molecule has 0 unspecified atom stereocenters. The van der Waals surface area contributed by atoms with Crippen molar-refractivity contribution in [2.24, 2.45) is 13.0 Å². The molecule has 0 fully saturated rings. The molecule has 0 aromatic carbocycles. The number of rotatable bonds is 9. The lowest BCUT2D eigenvalue weighted by atomic mass is 10.0. The molecule has 7 heteroatoms. The van der Waals surface area contributed by atoms with Gasteiger partial charge in [-0.1, -0.05) is 39.5 Å². The van der Waals surface area contributed by atoms with Gasteiger partial charge < -0.3 is 5.73 Å². The second kappa shape index (κ2) is 7.79. The maximum atomic E-state index is 12.2. The second-order valence-corrected chi connectivity index (χ2v) is 7.62. The largest absolute Gasteiger partial charge is 0.381 e. The molecule has 21 heavy (non-hydrogen) atoms. The summed E-state index contributed by atoms with van der Waals surface area (Å²) in [4.78, 5) is 0.102. The van der Waals surface area contributed by atoms with Crippen LogP contribution in [0.1, 0.15) is 51.6 Å². The molecule has 3 N–H and O–H groups in total. The van der Waals surface area contributed by atoms with Crippen molar-refractivity contribution >= 4 is 15.8 Å². The smallest absolute Gasteiger partial charge is 0.246 e. The number of hydrogen-bond acceptors (Lipinski definition) is 4. The molecular weight excluding hydrogens is 288 g/mol. The molecule has 1 aromatic rings. The van der Waals surface area contributed by atoms with Crippen LogP contribution in [0.25, 0.3) is 0 Å². The highest BCUT2D eigenvalue weighted by Crippen LogP contribution is 2.20. The van der Waals surface area contributed by atoms with Crippen LogP contribution in [0.4, 0.5) is 5.82 Å². The Labute approximate surface area is 128 Å². The maximum Gasteiger partial charge on any atom is 0.246 e. The van der Waals surface area contributed by atoms with E-state index in [-0.39, 0.29) is 10.7 Å². The first kappa shape index (κ1) is 18.0. The molecule has 0 aliphatic rings. The minimum Gasteiger partial charge on any atom is -0.381 e. The molecular formula is C14H28N4O2S. The van der Waals surface area contributed by atoms with Crippen molar-refractivity contribution in [2.45, 2.75) is 57.8 Å². The first-order valence-corrected chi connectivity index (χ1v) is 9.02. The van der Waals surface area contributed by atoms with Crippen LogP contribution in [0.15, 0.2) is 4.90 Å². The maximum absolute atomic E-state index is 12.2. The first-order valence-electron chi connectivity index (χ1n) is 7.54. The lowest BCUT2D eigenvalue weighted by Gasteiger charge is -2.07. The number of hydrogen-bond donors (Lipinski definition) is 2. The van der Waals surface area contributed by atoms with Crippen LogP contribution in [0, 0.1) is 12.8 Å². The Morgan fingerprint density at radius 2 is 1.86 bits per heavy atom. The molecule has 0 atom stereocenters. The number of unbranched alkanes of at least 4 members (excludes halogenated alkanes) is 3. The summed E-state index contributed by atoms with van der Waals surface area (Å²) in [6, 6.07) is 0. The molecule has 122 valence electrons. The highest BCUT2D eigenvalue weighted by Gasteiger charge is 2.23. The molecule has 0 aliphatic carbocycles. The van der Waals surface area contributed by atoms with Gasteiger partial charge in [0.05, 0.1) is 5.69 Å². The average Bonchev–Trinajstić information content (AvgIpc) is 2.62. The Morgan fingerprint density at radius 3 is 2.38 bits per heavy atom. The van der Waals surface area contributed by atoms with Crippen LogP contribution >= 0.6 is 0 Å². The van der Waals surface area contributed by atoms with E-state index in [2.05, 4.69) is 23.7 Å². The quantitative estimate of drug-likeness (QED) is 0.683. The van der Waals surface area contributed by atoms with Gasteiger partial charge in [0.15, 0.2) is 5.82 Å². The Kier molecular flexibility index (Phi) is 6.67. The van der Waals surface area contributed by atoms with E-state index in [9.17, 15) is 8.42 Å². The summed E-state index contributed by atoms with van der Waals surface area (Å²) in [5.74, 6) is 0.791. The van der Waals surface area contributed by atoms with Gasteiger partial charge in [-0.05, 0) is 19.3 Å². The molecule has 0 amide bonds. The summed E-state index contributed by atoms with van der Waals surface area (Å²) >= 11 is 0. The Morgan fingerprint density at radius 1 is 1.24 bits per heavy atom. The lowest BCUT2D eigenvalue weighted by molar-refractivity contribution is 0.517. The number of aryl methyl sites for hydroxylation is 1. The third kappa shape index (κ3) is 5.32. The van der Waals surface area contributed by atoms with Gasteiger partial charge in [-0.3, -0.25) is 4.68 Å². The fourth-order valence-corrected chi connectivity index (χ4v) is 3.65. The van der Waals surface area contributed by atoms with E-state index in [1.165, 1.54) is 17.5 Å². The molecule has 0 spiro atoms. The van der Waals surface area contributed by atoms with E-state index >= 15 is 0 Å². The number of sulfonamides is 1. The monoisotopic (exact) mass is 316 g/mol. The number of nitrogens with one attached hydrogen (secondary N) is 1. The Balaban J connectivity index is 2.41. The Hall–Kier alpha value is -1.08. The first-order chi connectivity index (χ1) is 9.75. The van der Waals surface area contributed by atoms with Crippen LogP contribution in [0.2, 0.25) is 0 Å². The molecule has 1 heterocycles. The third-order valence-electron chi connectivity index (χ3n) is 3.57. The highest BCUT2D eigenvalue weighted by molar-refractivity contribution is 7.89. The fraction of sp³-hybridized carbons (Fsp3) is 0.786. The topological polar surface area (TPSA) is 90.0 Å². The van der Waals surface area contributed by atoms with Crippen molar-refractivity contribution in [3.63, 3.8) is 0 Å². The van der Waals surface area contributed by atoms with Crippen LogP contribution in [0.3, 0.4) is 0 Å². The SMILES string of the molecule is Cc1c(S(=O)(=O)NCCCCCCC(C)C)c(N)nn1C. The van der Waals surface area contributed by atoms with E-state index < -0.39 is 10.0 Å². The van der Waals surface area contributed by atoms with Crippen molar-refractivity contribution in [3.8, 4) is 0 Å². The normalized spacial score (nSPS) is 12.2. The summed E-state index contributed by atoms with van der Waals surface area (Å²) in [6.45, 7) is 6.57. The highest BCUT2D eigenvalue weighted by atomic mass is 32.2. The lowest BCUT2D eigenvalue weighted by Crippen LogP contribution is -2.26. The summed E-state index contributed by atoms with van der Waals surface area (Å²) in [7, 11) is -1.89. The number of nitrogens with two attached hydrogens (primary N) is 1. The van der Waals surface area contributed by atoms with Crippen molar-refractivity contribution < 1.29 is 8.42 Å². The zero-order valence-corrected chi connectivity index (χ0v) is 14.3. The molecule has 0 bridgehead atoms. The summed E-state index contributed by atoms with van der Waals surface area (Å²) < 4.78 is 28.5. The molecule has 1 rings (SSSR count). The zero-order chi connectivity index (χ0) is 16.0. The minimum atomic E-state index is -3.57. The summed E-state index contributed by atoms with van der Waals surface area (Å²) in [6.07, 6.45) is 5.47. The average molecular weight is 316 g/mol.